The Kier molecular flexibility index (Phi) is 3.97. The maximum absolute atomic E-state index is 11.3. The quantitative estimate of drug-likeness (QED) is 0.437. The van der Waals surface area contributed by atoms with Gasteiger partial charge in [0.1, 0.15) is 12.2 Å². The first kappa shape index (κ1) is 14.1. The zero-order valence-electron chi connectivity index (χ0n) is 12.9. The summed E-state index contributed by atoms with van der Waals surface area (Å²) in [5.74, 6) is 7.08. The topological polar surface area (TPSA) is 17.1 Å². The fraction of sp³-hybridized carbons (Fsp3) is 0.450. The number of allylic oxidation sites excluding steroid dienone is 2. The molecule has 1 unspecified atom stereocenters. The van der Waals surface area contributed by atoms with Gasteiger partial charge in [0, 0.05) is 5.56 Å². The predicted octanol–water partition coefficient (Wildman–Crippen LogP) is 4.59. The van der Waals surface area contributed by atoms with Crippen molar-refractivity contribution in [3.8, 4) is 11.8 Å². The SMILES string of the molecule is Cc1cc(C2C#C2)c(C=O)cc1CCC1=CCC(C)CC1. The van der Waals surface area contributed by atoms with Crippen molar-refractivity contribution in [1.29, 1.82) is 0 Å². The van der Waals surface area contributed by atoms with Gasteiger partial charge < -0.3 is 0 Å². The molecule has 1 nitrogen and oxygen atoms in total. The van der Waals surface area contributed by atoms with E-state index in [0.717, 1.165) is 36.2 Å². The van der Waals surface area contributed by atoms with Gasteiger partial charge in [-0.3, -0.25) is 4.79 Å². The molecule has 0 bridgehead atoms. The minimum absolute atomic E-state index is 0.153. The van der Waals surface area contributed by atoms with Crippen molar-refractivity contribution >= 4 is 6.29 Å². The zero-order valence-corrected chi connectivity index (χ0v) is 12.9. The third-order valence-corrected chi connectivity index (χ3v) is 4.75. The van der Waals surface area contributed by atoms with Crippen LogP contribution in [0.1, 0.15) is 65.6 Å². The third-order valence-electron chi connectivity index (χ3n) is 4.75. The molecule has 0 amide bonds. The lowest BCUT2D eigenvalue weighted by Gasteiger charge is -2.19. The molecular formula is C20H22O. The van der Waals surface area contributed by atoms with Crippen LogP contribution in [0.5, 0.6) is 0 Å². The van der Waals surface area contributed by atoms with Gasteiger partial charge in [-0.25, -0.2) is 0 Å². The van der Waals surface area contributed by atoms with Crippen LogP contribution >= 0.6 is 0 Å². The fourth-order valence-corrected chi connectivity index (χ4v) is 3.15. The van der Waals surface area contributed by atoms with E-state index in [-0.39, 0.29) is 5.92 Å². The molecule has 21 heavy (non-hydrogen) atoms. The monoisotopic (exact) mass is 278 g/mol. The standard InChI is InChI=1S/C20H22O/c1-14-3-5-16(6-4-14)7-8-18-12-19(13-21)20(11-15(18)2)17-9-10-17/h5,11-14,17H,3-4,6-8H2,1-2H3. The molecule has 1 aromatic rings. The summed E-state index contributed by atoms with van der Waals surface area (Å²) in [5.41, 5.74) is 6.06. The number of hydrogen-bond donors (Lipinski definition) is 0. The Labute approximate surface area is 127 Å². The number of rotatable bonds is 5. The van der Waals surface area contributed by atoms with Crippen LogP contribution in [0.15, 0.2) is 23.8 Å². The number of aldehydes is 1. The lowest BCUT2D eigenvalue weighted by molar-refractivity contribution is 0.112. The fourth-order valence-electron chi connectivity index (χ4n) is 3.15. The number of carbonyl (C=O) groups excluding carboxylic acids is 1. The van der Waals surface area contributed by atoms with Crippen LogP contribution in [-0.2, 0) is 6.42 Å². The van der Waals surface area contributed by atoms with Gasteiger partial charge in [-0.2, -0.15) is 0 Å². The van der Waals surface area contributed by atoms with Crippen molar-refractivity contribution in [2.75, 3.05) is 0 Å². The van der Waals surface area contributed by atoms with E-state index >= 15 is 0 Å². The van der Waals surface area contributed by atoms with Gasteiger partial charge in [0.15, 0.2) is 0 Å². The third kappa shape index (κ3) is 3.27. The summed E-state index contributed by atoms with van der Waals surface area (Å²) in [6.07, 6.45) is 9.37. The lowest BCUT2D eigenvalue weighted by Crippen LogP contribution is -2.04. The van der Waals surface area contributed by atoms with Crippen molar-refractivity contribution in [3.05, 3.63) is 46.0 Å². The van der Waals surface area contributed by atoms with E-state index in [1.54, 1.807) is 5.57 Å². The molecule has 1 heteroatoms. The summed E-state index contributed by atoms with van der Waals surface area (Å²) in [4.78, 5) is 11.3. The van der Waals surface area contributed by atoms with Gasteiger partial charge >= 0.3 is 0 Å². The Hall–Kier alpha value is -1.81. The van der Waals surface area contributed by atoms with Crippen molar-refractivity contribution in [3.63, 3.8) is 0 Å². The Morgan fingerprint density at radius 3 is 2.71 bits per heavy atom. The van der Waals surface area contributed by atoms with Gasteiger partial charge in [0.05, 0.1) is 0 Å². The van der Waals surface area contributed by atoms with Crippen LogP contribution in [0, 0.1) is 24.7 Å². The van der Waals surface area contributed by atoms with Gasteiger partial charge in [0.2, 0.25) is 0 Å². The first-order chi connectivity index (χ1) is 10.2. The van der Waals surface area contributed by atoms with E-state index in [1.807, 2.05) is 0 Å². The molecule has 1 aromatic carbocycles. The molecule has 0 N–H and O–H groups in total. The molecule has 0 spiro atoms. The molecule has 108 valence electrons. The van der Waals surface area contributed by atoms with E-state index in [1.165, 1.54) is 30.4 Å². The molecule has 0 saturated carbocycles. The summed E-state index contributed by atoms with van der Waals surface area (Å²) >= 11 is 0. The zero-order chi connectivity index (χ0) is 14.8. The van der Waals surface area contributed by atoms with Gasteiger partial charge in [-0.05, 0) is 67.7 Å². The summed E-state index contributed by atoms with van der Waals surface area (Å²) in [6.45, 7) is 4.47. The largest absolute Gasteiger partial charge is 0.298 e. The minimum atomic E-state index is 0.153. The van der Waals surface area contributed by atoms with Crippen molar-refractivity contribution in [2.45, 2.75) is 51.9 Å². The maximum atomic E-state index is 11.3. The van der Waals surface area contributed by atoms with E-state index in [9.17, 15) is 4.79 Å². The number of carbonyl (C=O) groups is 1. The van der Waals surface area contributed by atoms with Gasteiger partial charge in [0.25, 0.3) is 0 Å². The number of aryl methyl sites for hydroxylation is 2. The highest BCUT2D eigenvalue weighted by molar-refractivity contribution is 5.80. The highest BCUT2D eigenvalue weighted by Gasteiger charge is 2.19. The molecule has 0 radical (unpaired) electrons. The molecule has 0 heterocycles. The molecule has 0 fully saturated rings. The molecule has 2 aliphatic rings. The molecule has 0 saturated heterocycles. The van der Waals surface area contributed by atoms with E-state index in [4.69, 9.17) is 0 Å². The summed E-state index contributed by atoms with van der Waals surface area (Å²) < 4.78 is 0. The van der Waals surface area contributed by atoms with Gasteiger partial charge in [-0.1, -0.05) is 36.5 Å². The first-order valence-electron chi connectivity index (χ1n) is 7.95. The van der Waals surface area contributed by atoms with Crippen LogP contribution in [-0.4, -0.2) is 6.29 Å². The normalized spacial score (nSPS) is 20.5. The summed E-state index contributed by atoms with van der Waals surface area (Å²) in [6, 6.07) is 4.22. The Balaban J connectivity index is 1.72. The second-order valence-electron chi connectivity index (χ2n) is 6.49. The van der Waals surface area contributed by atoms with Crippen molar-refractivity contribution in [2.24, 2.45) is 5.92 Å². The second kappa shape index (κ2) is 5.90. The predicted molar refractivity (Wildman–Crippen MR) is 86.5 cm³/mol. The van der Waals surface area contributed by atoms with Crippen LogP contribution in [0.3, 0.4) is 0 Å². The number of benzene rings is 1. The van der Waals surface area contributed by atoms with E-state index < -0.39 is 0 Å². The molecule has 0 aliphatic heterocycles. The Morgan fingerprint density at radius 2 is 2.10 bits per heavy atom. The second-order valence-corrected chi connectivity index (χ2v) is 6.49. The molecule has 2 aliphatic carbocycles. The van der Waals surface area contributed by atoms with E-state index in [0.29, 0.717) is 0 Å². The van der Waals surface area contributed by atoms with Crippen molar-refractivity contribution in [1.82, 2.24) is 0 Å². The first-order valence-corrected chi connectivity index (χ1v) is 7.95. The molecular weight excluding hydrogens is 256 g/mol. The molecule has 3 rings (SSSR count). The lowest BCUT2D eigenvalue weighted by atomic mass is 9.87. The highest BCUT2D eigenvalue weighted by atomic mass is 16.1. The Bertz CT molecular complexity index is 646. The molecule has 0 aromatic heterocycles. The average molecular weight is 278 g/mol. The maximum Gasteiger partial charge on any atom is 0.150 e. The summed E-state index contributed by atoms with van der Waals surface area (Å²) in [5, 5.41) is 0. The van der Waals surface area contributed by atoms with Crippen molar-refractivity contribution < 1.29 is 4.79 Å². The smallest absolute Gasteiger partial charge is 0.150 e. The minimum Gasteiger partial charge on any atom is -0.298 e. The van der Waals surface area contributed by atoms with Crippen LogP contribution in [0.2, 0.25) is 0 Å². The Morgan fingerprint density at radius 1 is 1.29 bits per heavy atom. The van der Waals surface area contributed by atoms with Crippen LogP contribution < -0.4 is 0 Å². The summed E-state index contributed by atoms with van der Waals surface area (Å²) in [7, 11) is 0. The molecule has 1 atom stereocenters. The highest BCUT2D eigenvalue weighted by Crippen LogP contribution is 2.30. The van der Waals surface area contributed by atoms with Crippen LogP contribution in [0.4, 0.5) is 0 Å². The van der Waals surface area contributed by atoms with Crippen LogP contribution in [0.25, 0.3) is 0 Å². The number of hydrogen-bond acceptors (Lipinski definition) is 1. The van der Waals surface area contributed by atoms with Gasteiger partial charge in [-0.15, -0.1) is 0 Å². The average Bonchev–Trinajstić information content (AvgIpc) is 3.32. The van der Waals surface area contributed by atoms with E-state index in [2.05, 4.69) is 43.9 Å².